The highest BCUT2D eigenvalue weighted by molar-refractivity contribution is 9.10. The van der Waals surface area contributed by atoms with E-state index in [1.165, 1.54) is 0 Å². The van der Waals surface area contributed by atoms with Gasteiger partial charge in [-0.2, -0.15) is 0 Å². The molecule has 0 fully saturated rings. The fourth-order valence-corrected chi connectivity index (χ4v) is 2.82. The number of nitrogens with one attached hydrogen (secondary N) is 1. The van der Waals surface area contributed by atoms with E-state index in [2.05, 4.69) is 21.2 Å². The highest BCUT2D eigenvalue weighted by Crippen LogP contribution is 2.21. The van der Waals surface area contributed by atoms with E-state index in [0.717, 1.165) is 26.9 Å². The molecule has 0 heterocycles. The van der Waals surface area contributed by atoms with Crippen LogP contribution in [0.25, 0.3) is 0 Å². The summed E-state index contributed by atoms with van der Waals surface area (Å²) in [7, 11) is 0. The molecule has 0 saturated carbocycles. The number of carbonyl (C=O) groups is 2. The predicted molar refractivity (Wildman–Crippen MR) is 99.9 cm³/mol. The molecule has 2 rings (SSSR count). The third kappa shape index (κ3) is 5.90. The van der Waals surface area contributed by atoms with Gasteiger partial charge in [-0.3, -0.25) is 4.79 Å². The van der Waals surface area contributed by atoms with Gasteiger partial charge in [0, 0.05) is 10.2 Å². The molecule has 0 atom stereocenters. The Hall–Kier alpha value is -2.34. The fraction of sp³-hybridized carbons (Fsp3) is 0.263. The maximum Gasteiger partial charge on any atom is 0.344 e. The Labute approximate surface area is 155 Å². The van der Waals surface area contributed by atoms with Crippen LogP contribution in [0.4, 0.5) is 5.69 Å². The lowest BCUT2D eigenvalue weighted by molar-refractivity contribution is -0.149. The molecule has 25 heavy (non-hydrogen) atoms. The zero-order chi connectivity index (χ0) is 18.4. The molecule has 0 aliphatic rings. The Kier molecular flexibility index (Phi) is 6.58. The molecule has 0 saturated heterocycles. The minimum absolute atomic E-state index is 0.258. The van der Waals surface area contributed by atoms with Gasteiger partial charge in [-0.25, -0.2) is 4.79 Å². The van der Waals surface area contributed by atoms with Crippen molar-refractivity contribution in [3.63, 3.8) is 0 Å². The molecule has 0 radical (unpaired) electrons. The third-order valence-electron chi connectivity index (χ3n) is 3.46. The van der Waals surface area contributed by atoms with Crippen LogP contribution in [0.15, 0.2) is 40.9 Å². The van der Waals surface area contributed by atoms with Crippen LogP contribution in [0.2, 0.25) is 0 Å². The van der Waals surface area contributed by atoms with E-state index in [1.54, 1.807) is 18.2 Å². The normalized spacial score (nSPS) is 10.2. The van der Waals surface area contributed by atoms with Crippen molar-refractivity contribution in [1.82, 2.24) is 0 Å². The summed E-state index contributed by atoms with van der Waals surface area (Å²) in [6, 6.07) is 11.1. The Morgan fingerprint density at radius 2 is 1.72 bits per heavy atom. The van der Waals surface area contributed by atoms with Crippen molar-refractivity contribution in [2.24, 2.45) is 0 Å². The molecule has 0 aromatic heterocycles. The van der Waals surface area contributed by atoms with Crippen LogP contribution in [0.1, 0.15) is 16.7 Å². The van der Waals surface area contributed by atoms with E-state index in [0.29, 0.717) is 5.75 Å². The van der Waals surface area contributed by atoms with E-state index in [1.807, 2.05) is 39.0 Å². The predicted octanol–water partition coefficient (Wildman–Crippen LogP) is 3.94. The van der Waals surface area contributed by atoms with Crippen molar-refractivity contribution in [3.05, 3.63) is 57.6 Å². The minimum atomic E-state index is -0.604. The average molecular weight is 406 g/mol. The second-order valence-corrected chi connectivity index (χ2v) is 6.64. The van der Waals surface area contributed by atoms with Gasteiger partial charge in [0.1, 0.15) is 5.75 Å². The first-order valence-electron chi connectivity index (χ1n) is 7.77. The van der Waals surface area contributed by atoms with Gasteiger partial charge in [-0.1, -0.05) is 39.7 Å². The standard InChI is InChI=1S/C19H20BrNO4/c1-12-7-13(2)19(14(3)8-12)21-17(22)10-25-18(23)11-24-16-6-4-5-15(20)9-16/h4-9H,10-11H2,1-3H3,(H,21,22). The van der Waals surface area contributed by atoms with Gasteiger partial charge in [0.2, 0.25) is 0 Å². The largest absolute Gasteiger partial charge is 0.482 e. The number of benzene rings is 2. The van der Waals surface area contributed by atoms with Crippen LogP contribution in [-0.2, 0) is 14.3 Å². The van der Waals surface area contributed by atoms with Crippen LogP contribution in [0.5, 0.6) is 5.75 Å². The summed E-state index contributed by atoms with van der Waals surface area (Å²) in [6.45, 7) is 5.24. The molecule has 2 aromatic carbocycles. The first kappa shape index (κ1) is 19.0. The number of aryl methyl sites for hydroxylation is 3. The van der Waals surface area contributed by atoms with Crippen LogP contribution in [0, 0.1) is 20.8 Å². The van der Waals surface area contributed by atoms with Gasteiger partial charge < -0.3 is 14.8 Å². The molecule has 6 heteroatoms. The second-order valence-electron chi connectivity index (χ2n) is 5.73. The van der Waals surface area contributed by atoms with E-state index < -0.39 is 5.97 Å². The number of ether oxygens (including phenoxy) is 2. The molecule has 0 aliphatic carbocycles. The fourth-order valence-electron chi connectivity index (χ4n) is 2.44. The van der Waals surface area contributed by atoms with Crippen LogP contribution < -0.4 is 10.1 Å². The topological polar surface area (TPSA) is 64.6 Å². The van der Waals surface area contributed by atoms with Crippen LogP contribution >= 0.6 is 15.9 Å². The summed E-state index contributed by atoms with van der Waals surface area (Å²) in [4.78, 5) is 23.7. The van der Waals surface area contributed by atoms with Crippen molar-refractivity contribution >= 4 is 33.5 Å². The van der Waals surface area contributed by atoms with Gasteiger partial charge in [0.25, 0.3) is 5.91 Å². The molecule has 5 nitrogen and oxygen atoms in total. The molecule has 0 aliphatic heterocycles. The monoisotopic (exact) mass is 405 g/mol. The third-order valence-corrected chi connectivity index (χ3v) is 3.95. The van der Waals surface area contributed by atoms with E-state index >= 15 is 0 Å². The van der Waals surface area contributed by atoms with Crippen molar-refractivity contribution in [3.8, 4) is 5.75 Å². The summed E-state index contributed by atoms with van der Waals surface area (Å²) in [5.74, 6) is -0.444. The van der Waals surface area contributed by atoms with Gasteiger partial charge >= 0.3 is 5.97 Å². The second kappa shape index (κ2) is 8.67. The maximum atomic E-state index is 12.0. The number of hydrogen-bond donors (Lipinski definition) is 1. The van der Waals surface area contributed by atoms with E-state index in [9.17, 15) is 9.59 Å². The zero-order valence-electron chi connectivity index (χ0n) is 14.4. The van der Waals surface area contributed by atoms with Crippen LogP contribution in [-0.4, -0.2) is 25.1 Å². The molecule has 1 N–H and O–H groups in total. The summed E-state index contributed by atoms with van der Waals surface area (Å²) in [5, 5.41) is 2.78. The number of esters is 1. The highest BCUT2D eigenvalue weighted by atomic mass is 79.9. The summed E-state index contributed by atoms with van der Waals surface area (Å²) in [5.41, 5.74) is 3.81. The van der Waals surface area contributed by atoms with Crippen molar-refractivity contribution < 1.29 is 19.1 Å². The van der Waals surface area contributed by atoms with Gasteiger partial charge in [0.05, 0.1) is 0 Å². The maximum absolute atomic E-state index is 12.0. The lowest BCUT2D eigenvalue weighted by atomic mass is 10.1. The number of amides is 1. The first-order chi connectivity index (χ1) is 11.8. The molecule has 0 spiro atoms. The average Bonchev–Trinajstić information content (AvgIpc) is 2.54. The quantitative estimate of drug-likeness (QED) is 0.739. The van der Waals surface area contributed by atoms with Crippen molar-refractivity contribution in [1.29, 1.82) is 0 Å². The zero-order valence-corrected chi connectivity index (χ0v) is 16.0. The number of hydrogen-bond acceptors (Lipinski definition) is 4. The van der Waals surface area contributed by atoms with Crippen molar-refractivity contribution in [2.75, 3.05) is 18.5 Å². The Bertz CT molecular complexity index is 766. The van der Waals surface area contributed by atoms with E-state index in [4.69, 9.17) is 9.47 Å². The lowest BCUT2D eigenvalue weighted by Gasteiger charge is -2.13. The Balaban J connectivity index is 1.81. The van der Waals surface area contributed by atoms with Crippen molar-refractivity contribution in [2.45, 2.75) is 20.8 Å². The van der Waals surface area contributed by atoms with Gasteiger partial charge in [0.15, 0.2) is 13.2 Å². The molecular weight excluding hydrogens is 386 g/mol. The van der Waals surface area contributed by atoms with Gasteiger partial charge in [-0.15, -0.1) is 0 Å². The number of anilines is 1. The first-order valence-corrected chi connectivity index (χ1v) is 8.56. The molecule has 1 amide bonds. The Morgan fingerprint density at radius 1 is 1.04 bits per heavy atom. The summed E-state index contributed by atoms with van der Waals surface area (Å²) >= 11 is 3.32. The summed E-state index contributed by atoms with van der Waals surface area (Å²) in [6.07, 6.45) is 0. The number of carbonyl (C=O) groups excluding carboxylic acids is 2. The number of halogens is 1. The van der Waals surface area contributed by atoms with E-state index in [-0.39, 0.29) is 19.1 Å². The molecule has 0 unspecified atom stereocenters. The highest BCUT2D eigenvalue weighted by Gasteiger charge is 2.11. The van der Waals surface area contributed by atoms with Gasteiger partial charge in [-0.05, 0) is 50.1 Å². The molecule has 2 aromatic rings. The smallest absolute Gasteiger partial charge is 0.344 e. The summed E-state index contributed by atoms with van der Waals surface area (Å²) < 4.78 is 11.1. The lowest BCUT2D eigenvalue weighted by Crippen LogP contribution is -2.24. The molecule has 0 bridgehead atoms. The SMILES string of the molecule is Cc1cc(C)c(NC(=O)COC(=O)COc2cccc(Br)c2)c(C)c1. The minimum Gasteiger partial charge on any atom is -0.482 e. The molecule has 132 valence electrons. The molecular formula is C19H20BrNO4. The van der Waals surface area contributed by atoms with Crippen LogP contribution in [0.3, 0.4) is 0 Å². The number of rotatable bonds is 6. The Morgan fingerprint density at radius 3 is 2.36 bits per heavy atom.